The van der Waals surface area contributed by atoms with Crippen LogP contribution in [-0.4, -0.2) is 37.4 Å². The van der Waals surface area contributed by atoms with E-state index in [2.05, 4.69) is 5.32 Å². The maximum atomic E-state index is 12.0. The van der Waals surface area contributed by atoms with Crippen molar-refractivity contribution in [1.82, 2.24) is 10.2 Å². The zero-order chi connectivity index (χ0) is 14.3. The summed E-state index contributed by atoms with van der Waals surface area (Å²) in [5.41, 5.74) is 7.57. The summed E-state index contributed by atoms with van der Waals surface area (Å²) in [5, 5.41) is 2.53. The number of hydrogen-bond acceptors (Lipinski definition) is 3. The molecule has 1 aromatic rings. The Morgan fingerprint density at radius 2 is 1.89 bits per heavy atom. The Kier molecular flexibility index (Phi) is 6.02. The summed E-state index contributed by atoms with van der Waals surface area (Å²) in [6, 6.07) is 7.64. The topological polar surface area (TPSA) is 75.4 Å². The minimum absolute atomic E-state index is 0.00944. The molecular formula is C14H21N3O2. The molecule has 1 rings (SSSR count). The standard InChI is InChI=1S/C14H21N3O2/c1-16-13(18)7-8-17(2)14(19)9-11-5-3-4-6-12(11)10-15/h3-6H,7-10,15H2,1-2H3,(H,16,18). The Balaban J connectivity index is 2.56. The number of amides is 2. The molecule has 0 saturated carbocycles. The fourth-order valence-corrected chi connectivity index (χ4v) is 1.75. The molecule has 0 aromatic heterocycles. The predicted molar refractivity (Wildman–Crippen MR) is 74.4 cm³/mol. The van der Waals surface area contributed by atoms with Crippen molar-refractivity contribution in [1.29, 1.82) is 0 Å². The Morgan fingerprint density at radius 1 is 1.26 bits per heavy atom. The monoisotopic (exact) mass is 263 g/mol. The van der Waals surface area contributed by atoms with Gasteiger partial charge in [-0.05, 0) is 11.1 Å². The molecule has 0 aliphatic rings. The van der Waals surface area contributed by atoms with Crippen molar-refractivity contribution >= 4 is 11.8 Å². The first-order valence-electron chi connectivity index (χ1n) is 6.30. The van der Waals surface area contributed by atoms with Crippen LogP contribution in [0.1, 0.15) is 17.5 Å². The van der Waals surface area contributed by atoms with Gasteiger partial charge in [0.25, 0.3) is 0 Å². The first kappa shape index (κ1) is 15.2. The van der Waals surface area contributed by atoms with Gasteiger partial charge in [-0.15, -0.1) is 0 Å². The summed E-state index contributed by atoms with van der Waals surface area (Å²) in [5.74, 6) is -0.0770. The van der Waals surface area contributed by atoms with Crippen LogP contribution in [0.4, 0.5) is 0 Å². The van der Waals surface area contributed by atoms with Gasteiger partial charge in [0.2, 0.25) is 11.8 Å². The highest BCUT2D eigenvalue weighted by Crippen LogP contribution is 2.10. The van der Waals surface area contributed by atoms with Crippen LogP contribution in [0.2, 0.25) is 0 Å². The molecule has 0 unspecified atom stereocenters. The summed E-state index contributed by atoms with van der Waals surface area (Å²) in [6.45, 7) is 0.842. The number of carbonyl (C=O) groups excluding carboxylic acids is 2. The Labute approximate surface area is 113 Å². The molecule has 0 bridgehead atoms. The highest BCUT2D eigenvalue weighted by molar-refractivity contribution is 5.80. The Morgan fingerprint density at radius 3 is 2.47 bits per heavy atom. The van der Waals surface area contributed by atoms with Gasteiger partial charge in [0.15, 0.2) is 0 Å². The van der Waals surface area contributed by atoms with Crippen molar-refractivity contribution in [3.63, 3.8) is 0 Å². The van der Waals surface area contributed by atoms with Gasteiger partial charge in [0.05, 0.1) is 6.42 Å². The molecule has 0 radical (unpaired) electrons. The van der Waals surface area contributed by atoms with E-state index in [4.69, 9.17) is 5.73 Å². The summed E-state index contributed by atoms with van der Waals surface area (Å²) < 4.78 is 0. The number of nitrogens with one attached hydrogen (secondary N) is 1. The molecular weight excluding hydrogens is 242 g/mol. The van der Waals surface area contributed by atoms with Crippen LogP contribution in [0.15, 0.2) is 24.3 Å². The van der Waals surface area contributed by atoms with Crippen LogP contribution in [-0.2, 0) is 22.6 Å². The normalized spacial score (nSPS) is 10.1. The lowest BCUT2D eigenvalue weighted by Gasteiger charge is -2.17. The van der Waals surface area contributed by atoms with Gasteiger partial charge in [-0.25, -0.2) is 0 Å². The first-order chi connectivity index (χ1) is 9.08. The molecule has 1 aromatic carbocycles. The molecule has 5 heteroatoms. The average Bonchev–Trinajstić information content (AvgIpc) is 2.44. The summed E-state index contributed by atoms with van der Waals surface area (Å²) in [6.07, 6.45) is 0.634. The van der Waals surface area contributed by atoms with Gasteiger partial charge in [0.1, 0.15) is 0 Å². The smallest absolute Gasteiger partial charge is 0.226 e. The predicted octanol–water partition coefficient (Wildman–Crippen LogP) is 0.282. The number of rotatable bonds is 6. The third-order valence-electron chi connectivity index (χ3n) is 3.06. The van der Waals surface area contributed by atoms with E-state index in [1.165, 1.54) is 0 Å². The van der Waals surface area contributed by atoms with E-state index in [9.17, 15) is 9.59 Å². The minimum Gasteiger partial charge on any atom is -0.359 e. The second-order valence-corrected chi connectivity index (χ2v) is 4.39. The third kappa shape index (κ3) is 4.71. The Hall–Kier alpha value is -1.88. The van der Waals surface area contributed by atoms with E-state index in [0.717, 1.165) is 11.1 Å². The van der Waals surface area contributed by atoms with E-state index in [1.807, 2.05) is 24.3 Å². The lowest BCUT2D eigenvalue weighted by Crippen LogP contribution is -2.32. The zero-order valence-corrected chi connectivity index (χ0v) is 11.5. The molecule has 0 atom stereocenters. The molecule has 2 amide bonds. The maximum absolute atomic E-state index is 12.0. The second kappa shape index (κ2) is 7.53. The third-order valence-corrected chi connectivity index (χ3v) is 3.06. The fourth-order valence-electron chi connectivity index (χ4n) is 1.75. The SMILES string of the molecule is CNC(=O)CCN(C)C(=O)Cc1ccccc1CN. The number of hydrogen-bond donors (Lipinski definition) is 2. The van der Waals surface area contributed by atoms with Crippen molar-refractivity contribution in [2.75, 3.05) is 20.6 Å². The van der Waals surface area contributed by atoms with E-state index in [1.54, 1.807) is 19.0 Å². The number of benzene rings is 1. The fraction of sp³-hybridized carbons (Fsp3) is 0.429. The molecule has 3 N–H and O–H groups in total. The van der Waals surface area contributed by atoms with Gasteiger partial charge >= 0.3 is 0 Å². The molecule has 0 heterocycles. The quantitative estimate of drug-likeness (QED) is 0.774. The van der Waals surface area contributed by atoms with E-state index in [0.29, 0.717) is 25.9 Å². The second-order valence-electron chi connectivity index (χ2n) is 4.39. The minimum atomic E-state index is -0.0676. The van der Waals surface area contributed by atoms with Crippen LogP contribution in [0.3, 0.4) is 0 Å². The zero-order valence-electron chi connectivity index (χ0n) is 11.5. The average molecular weight is 263 g/mol. The van der Waals surface area contributed by atoms with E-state index >= 15 is 0 Å². The van der Waals surface area contributed by atoms with E-state index < -0.39 is 0 Å². The van der Waals surface area contributed by atoms with Gasteiger partial charge in [-0.2, -0.15) is 0 Å². The highest BCUT2D eigenvalue weighted by Gasteiger charge is 2.12. The van der Waals surface area contributed by atoms with Crippen molar-refractivity contribution in [2.45, 2.75) is 19.4 Å². The van der Waals surface area contributed by atoms with Crippen LogP contribution in [0.5, 0.6) is 0 Å². The summed E-state index contributed by atoms with van der Waals surface area (Å²) in [4.78, 5) is 24.7. The summed E-state index contributed by atoms with van der Waals surface area (Å²) >= 11 is 0. The van der Waals surface area contributed by atoms with Gasteiger partial charge in [-0.1, -0.05) is 24.3 Å². The Bertz CT molecular complexity index is 446. The molecule has 0 aliphatic carbocycles. The molecule has 0 aliphatic heterocycles. The number of likely N-dealkylation sites (N-methyl/N-ethyl adjacent to an activating group) is 1. The van der Waals surface area contributed by atoms with Crippen LogP contribution in [0.25, 0.3) is 0 Å². The number of carbonyl (C=O) groups is 2. The van der Waals surface area contributed by atoms with E-state index in [-0.39, 0.29) is 11.8 Å². The lowest BCUT2D eigenvalue weighted by atomic mass is 10.0. The largest absolute Gasteiger partial charge is 0.359 e. The van der Waals surface area contributed by atoms with Crippen molar-refractivity contribution in [3.8, 4) is 0 Å². The molecule has 104 valence electrons. The summed E-state index contributed by atoms with van der Waals surface area (Å²) in [7, 11) is 3.29. The van der Waals surface area contributed by atoms with Crippen molar-refractivity contribution < 1.29 is 9.59 Å². The molecule has 0 fully saturated rings. The molecule has 5 nitrogen and oxygen atoms in total. The molecule has 0 spiro atoms. The van der Waals surface area contributed by atoms with Crippen molar-refractivity contribution in [2.24, 2.45) is 5.73 Å². The highest BCUT2D eigenvalue weighted by atomic mass is 16.2. The van der Waals surface area contributed by atoms with Crippen LogP contribution < -0.4 is 11.1 Å². The molecule has 0 saturated heterocycles. The van der Waals surface area contributed by atoms with Gasteiger partial charge < -0.3 is 16.0 Å². The maximum Gasteiger partial charge on any atom is 0.226 e. The molecule has 19 heavy (non-hydrogen) atoms. The number of nitrogens with two attached hydrogens (primary N) is 1. The van der Waals surface area contributed by atoms with Crippen LogP contribution in [0, 0.1) is 0 Å². The number of nitrogens with zero attached hydrogens (tertiary/aromatic N) is 1. The van der Waals surface area contributed by atoms with Crippen molar-refractivity contribution in [3.05, 3.63) is 35.4 Å². The van der Waals surface area contributed by atoms with Crippen LogP contribution >= 0.6 is 0 Å². The van der Waals surface area contributed by atoms with Gasteiger partial charge in [0, 0.05) is 33.6 Å². The lowest BCUT2D eigenvalue weighted by molar-refractivity contribution is -0.129. The first-order valence-corrected chi connectivity index (χ1v) is 6.30. The van der Waals surface area contributed by atoms with Gasteiger partial charge in [-0.3, -0.25) is 9.59 Å².